The fourth-order valence-corrected chi connectivity index (χ4v) is 3.47. The van der Waals surface area contributed by atoms with E-state index < -0.39 is 17.0 Å². The molecule has 0 aromatic heterocycles. The highest BCUT2D eigenvalue weighted by molar-refractivity contribution is 5.94. The van der Waals surface area contributed by atoms with Crippen molar-refractivity contribution in [2.24, 2.45) is 0 Å². The molecule has 0 amide bonds. The lowest BCUT2D eigenvalue weighted by Crippen LogP contribution is -2.31. The number of esters is 1. The van der Waals surface area contributed by atoms with Gasteiger partial charge in [0, 0.05) is 25.6 Å². The Balaban J connectivity index is 1.79. The van der Waals surface area contributed by atoms with E-state index >= 15 is 0 Å². The van der Waals surface area contributed by atoms with Crippen LogP contribution in [0.5, 0.6) is 0 Å². The third-order valence-corrected chi connectivity index (χ3v) is 4.85. The van der Waals surface area contributed by atoms with E-state index in [1.165, 1.54) is 6.07 Å². The minimum absolute atomic E-state index is 0.0703. The Bertz CT molecular complexity index is 682. The molecule has 0 N–H and O–H groups in total. The Hall–Kier alpha value is -2.44. The number of carbonyl (C=O) groups is 2. The highest BCUT2D eigenvalue weighted by atomic mass is 16.6. The van der Waals surface area contributed by atoms with Crippen LogP contribution in [-0.2, 0) is 9.53 Å². The fraction of sp³-hybridized carbons (Fsp3) is 0.556. The molecule has 1 aromatic rings. The van der Waals surface area contributed by atoms with Crippen LogP contribution in [0, 0.1) is 10.1 Å². The van der Waals surface area contributed by atoms with E-state index in [1.54, 1.807) is 12.1 Å². The summed E-state index contributed by atoms with van der Waals surface area (Å²) in [7, 11) is 0. The van der Waals surface area contributed by atoms with Gasteiger partial charge in [-0.1, -0.05) is 0 Å². The van der Waals surface area contributed by atoms with Crippen LogP contribution >= 0.6 is 0 Å². The maximum absolute atomic E-state index is 12.3. The first-order chi connectivity index (χ1) is 12.1. The van der Waals surface area contributed by atoms with Crippen molar-refractivity contribution in [1.82, 2.24) is 0 Å². The summed E-state index contributed by atoms with van der Waals surface area (Å²) in [4.78, 5) is 37.1. The molecule has 2 fully saturated rings. The summed E-state index contributed by atoms with van der Waals surface area (Å²) in [5, 5.41) is 11.5. The molecular weight excluding hydrogens is 324 g/mol. The molecule has 0 radical (unpaired) electrons. The smallest absolute Gasteiger partial charge is 0.339 e. The van der Waals surface area contributed by atoms with Crippen molar-refractivity contribution < 1.29 is 19.2 Å². The van der Waals surface area contributed by atoms with E-state index in [1.807, 2.05) is 4.90 Å². The first-order valence-corrected chi connectivity index (χ1v) is 8.83. The largest absolute Gasteiger partial charge is 0.451 e. The number of ketones is 1. The molecule has 0 unspecified atom stereocenters. The van der Waals surface area contributed by atoms with Crippen LogP contribution in [-0.4, -0.2) is 35.9 Å². The van der Waals surface area contributed by atoms with E-state index in [-0.39, 0.29) is 17.0 Å². The Labute approximate surface area is 146 Å². The molecule has 25 heavy (non-hydrogen) atoms. The van der Waals surface area contributed by atoms with Gasteiger partial charge in [0.25, 0.3) is 5.69 Å². The van der Waals surface area contributed by atoms with Gasteiger partial charge in [-0.15, -0.1) is 0 Å². The second-order valence-electron chi connectivity index (χ2n) is 6.61. The van der Waals surface area contributed by atoms with Gasteiger partial charge in [-0.3, -0.25) is 14.9 Å². The van der Waals surface area contributed by atoms with Gasteiger partial charge in [0.2, 0.25) is 0 Å². The molecule has 3 rings (SSSR count). The predicted molar refractivity (Wildman–Crippen MR) is 91.8 cm³/mol. The number of anilines is 1. The van der Waals surface area contributed by atoms with Gasteiger partial charge in [0.1, 0.15) is 5.69 Å². The van der Waals surface area contributed by atoms with Crippen LogP contribution in [0.25, 0.3) is 0 Å². The Morgan fingerprint density at radius 2 is 1.92 bits per heavy atom. The van der Waals surface area contributed by atoms with Gasteiger partial charge in [-0.2, -0.15) is 0 Å². The van der Waals surface area contributed by atoms with Crippen molar-refractivity contribution in [3.05, 3.63) is 33.9 Å². The minimum Gasteiger partial charge on any atom is -0.451 e. The normalized spacial score (nSPS) is 21.0. The summed E-state index contributed by atoms with van der Waals surface area (Å²) in [6.45, 7) is 1.56. The van der Waals surface area contributed by atoms with Crippen molar-refractivity contribution >= 4 is 23.1 Å². The number of nitrogens with zero attached hydrogens (tertiary/aromatic N) is 2. The molecule has 1 saturated carbocycles. The van der Waals surface area contributed by atoms with E-state index in [0.717, 1.165) is 45.2 Å². The third kappa shape index (κ3) is 3.97. The summed E-state index contributed by atoms with van der Waals surface area (Å²) in [5.41, 5.74) is 0.562. The molecule has 1 aliphatic carbocycles. The van der Waals surface area contributed by atoms with Gasteiger partial charge < -0.3 is 9.64 Å². The van der Waals surface area contributed by atoms with Crippen molar-refractivity contribution in [1.29, 1.82) is 0 Å². The highest BCUT2D eigenvalue weighted by Crippen LogP contribution is 2.32. The molecule has 0 spiro atoms. The Morgan fingerprint density at radius 1 is 1.16 bits per heavy atom. The van der Waals surface area contributed by atoms with Gasteiger partial charge in [0.05, 0.1) is 10.5 Å². The van der Waals surface area contributed by atoms with Gasteiger partial charge in [-0.05, 0) is 50.7 Å². The summed E-state index contributed by atoms with van der Waals surface area (Å²) in [5.74, 6) is -0.743. The molecule has 7 heteroatoms. The van der Waals surface area contributed by atoms with Crippen LogP contribution in [0.4, 0.5) is 11.4 Å². The third-order valence-electron chi connectivity index (χ3n) is 4.85. The number of benzene rings is 1. The first kappa shape index (κ1) is 17.4. The summed E-state index contributed by atoms with van der Waals surface area (Å²) in [6.07, 6.45) is 5.03. The number of carbonyl (C=O) groups excluding carboxylic acids is 2. The lowest BCUT2D eigenvalue weighted by atomic mass is 9.96. The van der Waals surface area contributed by atoms with Crippen molar-refractivity contribution in [2.45, 2.75) is 51.0 Å². The van der Waals surface area contributed by atoms with E-state index in [0.29, 0.717) is 18.5 Å². The monoisotopic (exact) mass is 346 g/mol. The molecule has 7 nitrogen and oxygen atoms in total. The second kappa shape index (κ2) is 7.63. The maximum Gasteiger partial charge on any atom is 0.339 e. The average Bonchev–Trinajstić information content (AvgIpc) is 2.63. The zero-order valence-corrected chi connectivity index (χ0v) is 14.1. The number of nitro groups is 1. The Morgan fingerprint density at radius 3 is 2.60 bits per heavy atom. The van der Waals surface area contributed by atoms with Gasteiger partial charge >= 0.3 is 5.97 Å². The molecule has 134 valence electrons. The number of nitro benzene ring substituents is 1. The second-order valence-corrected chi connectivity index (χ2v) is 6.61. The lowest BCUT2D eigenvalue weighted by Gasteiger charge is -2.28. The summed E-state index contributed by atoms with van der Waals surface area (Å²) >= 11 is 0. The molecule has 2 aliphatic rings. The molecular formula is C18H22N2O5. The number of hydrogen-bond donors (Lipinski definition) is 0. The predicted octanol–water partition coefficient (Wildman–Crippen LogP) is 3.25. The standard InChI is InChI=1S/C18H22N2O5/c21-16-6-2-3-7-17(16)25-18(22)13-8-9-14(15(12-13)20(23)24)19-10-4-1-5-11-19/h8-9,12,17H,1-7,10-11H2/t17-/m0/s1. The number of rotatable bonds is 4. The highest BCUT2D eigenvalue weighted by Gasteiger charge is 2.28. The molecule has 1 heterocycles. The van der Waals surface area contributed by atoms with Crippen molar-refractivity contribution in [2.75, 3.05) is 18.0 Å². The van der Waals surface area contributed by atoms with Crippen molar-refractivity contribution in [3.63, 3.8) is 0 Å². The molecule has 0 bridgehead atoms. The fourth-order valence-electron chi connectivity index (χ4n) is 3.47. The lowest BCUT2D eigenvalue weighted by molar-refractivity contribution is -0.384. The zero-order valence-electron chi connectivity index (χ0n) is 14.1. The van der Waals surface area contributed by atoms with Crippen LogP contribution in [0.3, 0.4) is 0 Å². The number of Topliss-reactive ketones (excluding diaryl/α,β-unsaturated/α-hetero) is 1. The molecule has 1 atom stereocenters. The topological polar surface area (TPSA) is 89.8 Å². The average molecular weight is 346 g/mol. The van der Waals surface area contributed by atoms with Gasteiger partial charge in [0.15, 0.2) is 11.9 Å². The minimum atomic E-state index is -0.720. The molecule has 1 saturated heterocycles. The number of ether oxygens (including phenoxy) is 1. The zero-order chi connectivity index (χ0) is 17.8. The van der Waals surface area contributed by atoms with Crippen LogP contribution in [0.2, 0.25) is 0 Å². The van der Waals surface area contributed by atoms with Crippen LogP contribution in [0.1, 0.15) is 55.3 Å². The SMILES string of the molecule is O=C(O[C@H]1CCCCC1=O)c1ccc(N2CCCCC2)c([N+](=O)[O-])c1. The quantitative estimate of drug-likeness (QED) is 0.472. The number of hydrogen-bond acceptors (Lipinski definition) is 6. The van der Waals surface area contributed by atoms with Crippen molar-refractivity contribution in [3.8, 4) is 0 Å². The van der Waals surface area contributed by atoms with Crippen LogP contribution < -0.4 is 4.90 Å². The maximum atomic E-state index is 12.3. The van der Waals surface area contributed by atoms with E-state index in [4.69, 9.17) is 4.74 Å². The van der Waals surface area contributed by atoms with Crippen LogP contribution in [0.15, 0.2) is 18.2 Å². The summed E-state index contributed by atoms with van der Waals surface area (Å²) < 4.78 is 5.29. The molecule has 1 aliphatic heterocycles. The summed E-state index contributed by atoms with van der Waals surface area (Å²) in [6, 6.07) is 4.43. The Kier molecular flexibility index (Phi) is 5.31. The van der Waals surface area contributed by atoms with E-state index in [2.05, 4.69) is 0 Å². The molecule has 1 aromatic carbocycles. The van der Waals surface area contributed by atoms with E-state index in [9.17, 15) is 19.7 Å². The van der Waals surface area contributed by atoms with Gasteiger partial charge in [-0.25, -0.2) is 4.79 Å². The first-order valence-electron chi connectivity index (χ1n) is 8.83. The number of piperidine rings is 1.